The summed E-state index contributed by atoms with van der Waals surface area (Å²) in [6.07, 6.45) is 1.67. The number of carbonyl (C=O) groups excluding carboxylic acids is 1. The summed E-state index contributed by atoms with van der Waals surface area (Å²) in [5, 5.41) is 11.8. The third-order valence-electron chi connectivity index (χ3n) is 6.47. The Morgan fingerprint density at radius 2 is 1.78 bits per heavy atom. The number of nitrogens with one attached hydrogen (secondary N) is 1. The SMILES string of the molecule is CC(C)n1cc(C(=O)Nc2ccc(Oc3ccnc4c3CCN4C(=O)O)c(F)c2)c(=O)n(-c2ccc(F)cc2)c1=O. The number of carbonyl (C=O) groups is 2. The van der Waals surface area contributed by atoms with Crippen LogP contribution in [-0.2, 0) is 6.42 Å². The highest BCUT2D eigenvalue weighted by Crippen LogP contribution is 2.36. The summed E-state index contributed by atoms with van der Waals surface area (Å²) >= 11 is 0. The molecule has 2 aromatic heterocycles. The van der Waals surface area contributed by atoms with Crippen molar-refractivity contribution in [2.75, 3.05) is 16.8 Å². The number of anilines is 2. The van der Waals surface area contributed by atoms with Crippen molar-refractivity contribution in [2.24, 2.45) is 0 Å². The van der Waals surface area contributed by atoms with E-state index >= 15 is 4.39 Å². The van der Waals surface area contributed by atoms with E-state index in [0.29, 0.717) is 12.0 Å². The van der Waals surface area contributed by atoms with Gasteiger partial charge in [0.1, 0.15) is 22.9 Å². The minimum atomic E-state index is -1.16. The maximum atomic E-state index is 15.0. The van der Waals surface area contributed by atoms with Crippen LogP contribution in [0.1, 0.15) is 35.8 Å². The topological polar surface area (TPSA) is 136 Å². The molecule has 1 aliphatic heterocycles. The van der Waals surface area contributed by atoms with Crippen molar-refractivity contribution in [3.63, 3.8) is 0 Å². The number of ether oxygens (including phenoxy) is 1. The predicted molar refractivity (Wildman–Crippen MR) is 144 cm³/mol. The molecule has 2 aromatic carbocycles. The Balaban J connectivity index is 1.43. The Labute approximate surface area is 230 Å². The number of amides is 2. The van der Waals surface area contributed by atoms with E-state index in [1.54, 1.807) is 13.8 Å². The highest BCUT2D eigenvalue weighted by atomic mass is 19.1. The third kappa shape index (κ3) is 5.16. The molecule has 5 rings (SSSR count). The Bertz CT molecular complexity index is 1800. The van der Waals surface area contributed by atoms with Crippen LogP contribution in [0.4, 0.5) is 25.1 Å². The van der Waals surface area contributed by atoms with Gasteiger partial charge in [0, 0.05) is 42.3 Å². The predicted octanol–water partition coefficient (Wildman–Crippen LogP) is 4.34. The molecule has 0 fully saturated rings. The number of benzene rings is 2. The monoisotopic (exact) mass is 563 g/mol. The van der Waals surface area contributed by atoms with Crippen LogP contribution in [-0.4, -0.2) is 37.8 Å². The van der Waals surface area contributed by atoms with E-state index in [2.05, 4.69) is 10.3 Å². The van der Waals surface area contributed by atoms with Gasteiger partial charge in [-0.25, -0.2) is 27.9 Å². The molecule has 0 saturated heterocycles. The zero-order valence-corrected chi connectivity index (χ0v) is 21.8. The van der Waals surface area contributed by atoms with Crippen molar-refractivity contribution >= 4 is 23.5 Å². The second-order valence-corrected chi connectivity index (χ2v) is 9.44. The second-order valence-electron chi connectivity index (χ2n) is 9.44. The number of halogens is 2. The average Bonchev–Trinajstić information content (AvgIpc) is 3.37. The number of carboxylic acid groups (broad SMARTS) is 1. The van der Waals surface area contributed by atoms with Gasteiger partial charge in [-0.1, -0.05) is 0 Å². The number of pyridine rings is 1. The molecular weight excluding hydrogens is 540 g/mol. The first-order chi connectivity index (χ1) is 19.5. The van der Waals surface area contributed by atoms with Crippen LogP contribution < -0.4 is 26.2 Å². The van der Waals surface area contributed by atoms with Crippen molar-refractivity contribution < 1.29 is 28.2 Å². The molecular formula is C28H23F2N5O6. The van der Waals surface area contributed by atoms with Gasteiger partial charge in [-0.05, 0) is 62.7 Å². The molecule has 0 aliphatic carbocycles. The largest absolute Gasteiger partial charge is 0.465 e. The fourth-order valence-electron chi connectivity index (χ4n) is 4.44. The maximum absolute atomic E-state index is 15.0. The summed E-state index contributed by atoms with van der Waals surface area (Å²) in [6, 6.07) is 9.36. The third-order valence-corrected chi connectivity index (χ3v) is 6.47. The molecule has 0 bridgehead atoms. The van der Waals surface area contributed by atoms with Crippen LogP contribution in [0.2, 0.25) is 0 Å². The first kappa shape index (κ1) is 27.2. The minimum absolute atomic E-state index is 0.00638. The zero-order chi connectivity index (χ0) is 29.4. The molecule has 0 atom stereocenters. The average molecular weight is 564 g/mol. The summed E-state index contributed by atoms with van der Waals surface area (Å²) in [5.74, 6) is -2.02. The van der Waals surface area contributed by atoms with Gasteiger partial charge in [0.2, 0.25) is 0 Å². The summed E-state index contributed by atoms with van der Waals surface area (Å²) in [7, 11) is 0. The van der Waals surface area contributed by atoms with Gasteiger partial charge in [0.15, 0.2) is 11.6 Å². The quantitative estimate of drug-likeness (QED) is 0.356. The fourth-order valence-corrected chi connectivity index (χ4v) is 4.44. The van der Waals surface area contributed by atoms with Gasteiger partial charge in [0.05, 0.1) is 5.69 Å². The number of hydrogen-bond donors (Lipinski definition) is 2. The van der Waals surface area contributed by atoms with Gasteiger partial charge >= 0.3 is 11.8 Å². The lowest BCUT2D eigenvalue weighted by molar-refractivity contribution is 0.102. The molecule has 210 valence electrons. The zero-order valence-electron chi connectivity index (χ0n) is 21.8. The van der Waals surface area contributed by atoms with Crippen molar-refractivity contribution in [1.29, 1.82) is 0 Å². The molecule has 41 heavy (non-hydrogen) atoms. The van der Waals surface area contributed by atoms with Gasteiger partial charge in [-0.2, -0.15) is 0 Å². The molecule has 11 nitrogen and oxygen atoms in total. The maximum Gasteiger partial charge on any atom is 0.413 e. The number of aromatic nitrogens is 3. The van der Waals surface area contributed by atoms with Crippen LogP contribution in [0, 0.1) is 11.6 Å². The van der Waals surface area contributed by atoms with E-state index < -0.39 is 46.5 Å². The van der Waals surface area contributed by atoms with E-state index in [4.69, 9.17) is 4.74 Å². The van der Waals surface area contributed by atoms with Crippen molar-refractivity contribution in [3.8, 4) is 17.2 Å². The normalized spacial score (nSPS) is 12.4. The number of rotatable bonds is 6. The van der Waals surface area contributed by atoms with E-state index in [1.807, 2.05) is 0 Å². The van der Waals surface area contributed by atoms with Crippen LogP contribution in [0.25, 0.3) is 5.69 Å². The Hall–Kier alpha value is -5.33. The van der Waals surface area contributed by atoms with Crippen LogP contribution in [0.5, 0.6) is 11.5 Å². The number of fused-ring (bicyclic) bond motifs is 1. The summed E-state index contributed by atoms with van der Waals surface area (Å²) in [4.78, 5) is 55.9. The minimum Gasteiger partial charge on any atom is -0.465 e. The molecule has 2 amide bonds. The van der Waals surface area contributed by atoms with E-state index in [1.165, 1.54) is 41.1 Å². The highest BCUT2D eigenvalue weighted by Gasteiger charge is 2.29. The lowest BCUT2D eigenvalue weighted by Crippen LogP contribution is -2.42. The lowest BCUT2D eigenvalue weighted by Gasteiger charge is -2.16. The summed E-state index contributed by atoms with van der Waals surface area (Å²) < 4.78 is 36.1. The Kier molecular flexibility index (Phi) is 7.10. The van der Waals surface area contributed by atoms with Gasteiger partial charge < -0.3 is 15.2 Å². The molecule has 0 unspecified atom stereocenters. The van der Waals surface area contributed by atoms with Crippen LogP contribution in [0.15, 0.2) is 70.5 Å². The lowest BCUT2D eigenvalue weighted by atomic mass is 10.2. The Morgan fingerprint density at radius 3 is 2.44 bits per heavy atom. The smallest absolute Gasteiger partial charge is 0.413 e. The van der Waals surface area contributed by atoms with Crippen LogP contribution in [0.3, 0.4) is 0 Å². The molecule has 3 heterocycles. The van der Waals surface area contributed by atoms with Crippen molar-refractivity contribution in [1.82, 2.24) is 14.1 Å². The molecule has 13 heteroatoms. The van der Waals surface area contributed by atoms with Gasteiger partial charge in [0.25, 0.3) is 11.5 Å². The molecule has 0 spiro atoms. The van der Waals surface area contributed by atoms with Gasteiger partial charge in [-0.15, -0.1) is 0 Å². The summed E-state index contributed by atoms with van der Waals surface area (Å²) in [6.45, 7) is 3.57. The molecule has 4 aromatic rings. The van der Waals surface area contributed by atoms with Crippen molar-refractivity contribution in [3.05, 3.63) is 105 Å². The van der Waals surface area contributed by atoms with Crippen molar-refractivity contribution in [2.45, 2.75) is 26.3 Å². The molecule has 1 aliphatic rings. The van der Waals surface area contributed by atoms with E-state index in [0.717, 1.165) is 33.9 Å². The fraction of sp³-hybridized carbons (Fsp3) is 0.179. The molecule has 0 saturated carbocycles. The number of hydrogen-bond acceptors (Lipinski definition) is 6. The first-order valence-electron chi connectivity index (χ1n) is 12.5. The Morgan fingerprint density at radius 1 is 1.05 bits per heavy atom. The highest BCUT2D eigenvalue weighted by molar-refractivity contribution is 6.03. The van der Waals surface area contributed by atoms with Gasteiger partial charge in [-0.3, -0.25) is 19.1 Å². The van der Waals surface area contributed by atoms with E-state index in [-0.39, 0.29) is 35.2 Å². The second kappa shape index (κ2) is 10.7. The van der Waals surface area contributed by atoms with E-state index in [9.17, 15) is 28.7 Å². The van der Waals surface area contributed by atoms with Crippen LogP contribution >= 0.6 is 0 Å². The summed E-state index contributed by atoms with van der Waals surface area (Å²) in [5.41, 5.74) is -1.44. The first-order valence-corrected chi connectivity index (χ1v) is 12.5. The number of nitrogens with zero attached hydrogens (tertiary/aromatic N) is 4. The molecule has 2 N–H and O–H groups in total. The molecule has 0 radical (unpaired) electrons. The standard InChI is InChI=1S/C28H23F2N5O6/c1-15(2)34-14-20(26(37)35(27(34)38)18-6-3-16(29)4-7-18)25(36)32-17-5-8-23(21(30)13-17)41-22-9-11-31-24-19(22)10-12-33(24)28(39)40/h3-9,11,13-15H,10,12H2,1-2H3,(H,32,36)(H,39,40).